The molecular formula is C27H46N2O5. The lowest BCUT2D eigenvalue weighted by molar-refractivity contribution is -0.179. The third-order valence-corrected chi connectivity index (χ3v) is 9.98. The number of ether oxygens (including phenoxy) is 1. The summed E-state index contributed by atoms with van der Waals surface area (Å²) in [6, 6.07) is 0. The maximum Gasteiger partial charge on any atom is 0.407 e. The van der Waals surface area contributed by atoms with Crippen molar-refractivity contribution in [3.8, 4) is 0 Å². The van der Waals surface area contributed by atoms with Crippen LogP contribution in [0.4, 0.5) is 4.79 Å². The molecule has 0 aromatic rings. The number of carbonyl (C=O) groups excluding carboxylic acids is 2. The summed E-state index contributed by atoms with van der Waals surface area (Å²) in [5, 5.41) is 27.5. The van der Waals surface area contributed by atoms with Gasteiger partial charge < -0.3 is 25.6 Å². The van der Waals surface area contributed by atoms with Gasteiger partial charge in [-0.3, -0.25) is 4.79 Å². The van der Waals surface area contributed by atoms with E-state index in [4.69, 9.17) is 4.74 Å². The minimum atomic E-state index is -0.548. The van der Waals surface area contributed by atoms with E-state index < -0.39 is 17.8 Å². The van der Waals surface area contributed by atoms with Crippen LogP contribution < -0.4 is 10.6 Å². The molecule has 4 fully saturated rings. The van der Waals surface area contributed by atoms with Crippen molar-refractivity contribution in [2.45, 2.75) is 104 Å². The summed E-state index contributed by atoms with van der Waals surface area (Å²) >= 11 is 0. The highest BCUT2D eigenvalue weighted by Crippen LogP contribution is 2.67. The van der Waals surface area contributed by atoms with Crippen molar-refractivity contribution in [3.63, 3.8) is 0 Å². The third-order valence-electron chi connectivity index (χ3n) is 9.98. The summed E-state index contributed by atoms with van der Waals surface area (Å²) in [6.07, 6.45) is 6.46. The van der Waals surface area contributed by atoms with Gasteiger partial charge >= 0.3 is 6.09 Å². The predicted octanol–water partition coefficient (Wildman–Crippen LogP) is 3.62. The van der Waals surface area contributed by atoms with E-state index in [0.29, 0.717) is 37.3 Å². The van der Waals surface area contributed by atoms with E-state index in [2.05, 4.69) is 24.5 Å². The van der Waals surface area contributed by atoms with Crippen LogP contribution in [0.15, 0.2) is 0 Å². The van der Waals surface area contributed by atoms with E-state index in [-0.39, 0.29) is 34.7 Å². The minimum absolute atomic E-state index is 0.0438. The first kappa shape index (κ1) is 25.7. The molecule has 0 heterocycles. The van der Waals surface area contributed by atoms with Gasteiger partial charge in [-0.25, -0.2) is 4.79 Å². The number of rotatable bonds is 4. The second kappa shape index (κ2) is 9.27. The van der Waals surface area contributed by atoms with Crippen LogP contribution in [0.2, 0.25) is 0 Å². The van der Waals surface area contributed by atoms with E-state index in [9.17, 15) is 19.8 Å². The fourth-order valence-electron chi connectivity index (χ4n) is 8.58. The SMILES string of the molecule is CC(C)(C)OC(=O)NCCNC(=O)[C@H]1CC[C@H]2[C@@H]3CCC4C[C@@H](O)CC[C@]4(C)[C@H]3[C@@H](O)C[C@]12C. The van der Waals surface area contributed by atoms with Crippen LogP contribution in [-0.4, -0.2) is 53.1 Å². The lowest BCUT2D eigenvalue weighted by atomic mass is 9.44. The van der Waals surface area contributed by atoms with Crippen molar-refractivity contribution >= 4 is 12.0 Å². The molecular weight excluding hydrogens is 432 g/mol. The van der Waals surface area contributed by atoms with Gasteiger partial charge in [0.25, 0.3) is 0 Å². The topological polar surface area (TPSA) is 108 Å². The Morgan fingerprint density at radius 1 is 0.971 bits per heavy atom. The standard InChI is InChI=1S/C27H46N2O5/c1-25(2,3)34-24(33)29-13-12-28-23(32)20-9-8-19-18-7-6-16-14-17(30)10-11-26(16,4)22(18)21(31)15-27(19,20)5/h16-22,30-31H,6-15H2,1-5H3,(H,28,32)(H,29,33)/t16?,17-,18-,19-,20+,21-,22+,26-,27-/m0/s1. The average Bonchev–Trinajstić information content (AvgIpc) is 3.06. The molecule has 34 heavy (non-hydrogen) atoms. The largest absolute Gasteiger partial charge is 0.444 e. The molecule has 0 spiro atoms. The van der Waals surface area contributed by atoms with Crippen molar-refractivity contribution in [1.29, 1.82) is 0 Å². The predicted molar refractivity (Wildman–Crippen MR) is 130 cm³/mol. The van der Waals surface area contributed by atoms with E-state index in [0.717, 1.165) is 44.9 Å². The number of hydrogen-bond donors (Lipinski definition) is 4. The molecule has 4 aliphatic rings. The number of alkyl carbamates (subject to hydrolysis) is 1. The Morgan fingerprint density at radius 2 is 1.68 bits per heavy atom. The summed E-state index contributed by atoms with van der Waals surface area (Å²) in [7, 11) is 0. The zero-order valence-electron chi connectivity index (χ0n) is 21.7. The van der Waals surface area contributed by atoms with Gasteiger partial charge in [-0.15, -0.1) is 0 Å². The molecule has 1 unspecified atom stereocenters. The first-order valence-electron chi connectivity index (χ1n) is 13.5. The molecule has 0 radical (unpaired) electrons. The van der Waals surface area contributed by atoms with Crippen LogP contribution in [0, 0.1) is 40.4 Å². The van der Waals surface area contributed by atoms with Gasteiger partial charge in [0.1, 0.15) is 5.60 Å². The number of nitrogens with one attached hydrogen (secondary N) is 2. The second-order valence-electron chi connectivity index (χ2n) is 13.1. The maximum absolute atomic E-state index is 13.2. The normalized spacial score (nSPS) is 43.8. The van der Waals surface area contributed by atoms with Crippen molar-refractivity contribution in [1.82, 2.24) is 10.6 Å². The summed E-state index contributed by atoms with van der Waals surface area (Å²) in [5.41, 5.74) is -0.648. The number of aliphatic hydroxyl groups excluding tert-OH is 2. The molecule has 0 aliphatic heterocycles. The Morgan fingerprint density at radius 3 is 2.38 bits per heavy atom. The molecule has 4 saturated carbocycles. The number of hydrogen-bond acceptors (Lipinski definition) is 5. The van der Waals surface area contributed by atoms with E-state index in [1.54, 1.807) is 0 Å². The molecule has 0 saturated heterocycles. The zero-order valence-corrected chi connectivity index (χ0v) is 21.7. The van der Waals surface area contributed by atoms with Crippen LogP contribution in [0.5, 0.6) is 0 Å². The smallest absolute Gasteiger partial charge is 0.407 e. The fourth-order valence-corrected chi connectivity index (χ4v) is 8.58. The van der Waals surface area contributed by atoms with Crippen molar-refractivity contribution < 1.29 is 24.5 Å². The van der Waals surface area contributed by atoms with Crippen LogP contribution in [0.3, 0.4) is 0 Å². The fraction of sp³-hybridized carbons (Fsp3) is 0.926. The number of aliphatic hydroxyl groups is 2. The molecule has 4 rings (SSSR count). The number of amides is 2. The monoisotopic (exact) mass is 478 g/mol. The molecule has 7 nitrogen and oxygen atoms in total. The van der Waals surface area contributed by atoms with E-state index >= 15 is 0 Å². The molecule has 9 atom stereocenters. The molecule has 0 bridgehead atoms. The second-order valence-corrected chi connectivity index (χ2v) is 13.1. The highest BCUT2D eigenvalue weighted by molar-refractivity contribution is 5.80. The number of fused-ring (bicyclic) bond motifs is 5. The number of carbonyl (C=O) groups is 2. The minimum Gasteiger partial charge on any atom is -0.444 e. The van der Waals surface area contributed by atoms with Gasteiger partial charge in [-0.1, -0.05) is 13.8 Å². The van der Waals surface area contributed by atoms with Crippen molar-refractivity contribution in [2.75, 3.05) is 13.1 Å². The Hall–Kier alpha value is -1.34. The third kappa shape index (κ3) is 4.71. The van der Waals surface area contributed by atoms with Crippen LogP contribution in [0.25, 0.3) is 0 Å². The Balaban J connectivity index is 1.37. The highest BCUT2D eigenvalue weighted by atomic mass is 16.6. The van der Waals surface area contributed by atoms with Gasteiger partial charge in [0.2, 0.25) is 5.91 Å². The zero-order chi connectivity index (χ0) is 24.9. The van der Waals surface area contributed by atoms with Crippen LogP contribution >= 0.6 is 0 Å². The van der Waals surface area contributed by atoms with E-state index in [1.807, 2.05) is 20.8 Å². The van der Waals surface area contributed by atoms with Gasteiger partial charge in [-0.2, -0.15) is 0 Å². The van der Waals surface area contributed by atoms with Crippen molar-refractivity contribution in [3.05, 3.63) is 0 Å². The average molecular weight is 479 g/mol. The van der Waals surface area contributed by atoms with E-state index in [1.165, 1.54) is 0 Å². The van der Waals surface area contributed by atoms with Crippen LogP contribution in [0.1, 0.15) is 86.0 Å². The lowest BCUT2D eigenvalue weighted by Crippen LogP contribution is -2.59. The molecule has 4 N–H and O–H groups in total. The molecule has 4 aliphatic carbocycles. The maximum atomic E-state index is 13.2. The van der Waals surface area contributed by atoms with Gasteiger partial charge in [0.15, 0.2) is 0 Å². The summed E-state index contributed by atoms with van der Waals surface area (Å²) in [4.78, 5) is 25.0. The molecule has 7 heteroatoms. The van der Waals surface area contributed by atoms with Gasteiger partial charge in [-0.05, 0) is 107 Å². The summed E-state index contributed by atoms with van der Waals surface area (Å²) < 4.78 is 5.24. The van der Waals surface area contributed by atoms with Gasteiger partial charge in [0, 0.05) is 19.0 Å². The Labute approximate surface area is 204 Å². The van der Waals surface area contributed by atoms with Crippen LogP contribution in [-0.2, 0) is 9.53 Å². The highest BCUT2D eigenvalue weighted by Gasteiger charge is 2.63. The Bertz CT molecular complexity index is 781. The van der Waals surface area contributed by atoms with Crippen molar-refractivity contribution in [2.24, 2.45) is 40.4 Å². The van der Waals surface area contributed by atoms with Gasteiger partial charge in [0.05, 0.1) is 12.2 Å². The molecule has 0 aromatic heterocycles. The lowest BCUT2D eigenvalue weighted by Gasteiger charge is -2.62. The summed E-state index contributed by atoms with van der Waals surface area (Å²) in [5.74, 6) is 1.62. The first-order valence-corrected chi connectivity index (χ1v) is 13.5. The summed E-state index contributed by atoms with van der Waals surface area (Å²) in [6.45, 7) is 10.7. The molecule has 194 valence electrons. The Kier molecular flexibility index (Phi) is 7.02. The molecule has 0 aromatic carbocycles. The molecule has 2 amide bonds. The first-order chi connectivity index (χ1) is 15.8. The quantitative estimate of drug-likeness (QED) is 0.462.